The van der Waals surface area contributed by atoms with E-state index in [2.05, 4.69) is 0 Å². The summed E-state index contributed by atoms with van der Waals surface area (Å²) in [5.41, 5.74) is 0. The van der Waals surface area contributed by atoms with Crippen LogP contribution in [0.25, 0.3) is 0 Å². The third kappa shape index (κ3) is 2.06. The van der Waals surface area contributed by atoms with E-state index >= 15 is 0 Å². The van der Waals surface area contributed by atoms with Gasteiger partial charge in [-0.1, -0.05) is 13.8 Å². The van der Waals surface area contributed by atoms with Gasteiger partial charge in [0, 0.05) is 19.3 Å². The van der Waals surface area contributed by atoms with Gasteiger partial charge in [-0.05, 0) is 11.8 Å². The lowest BCUT2D eigenvalue weighted by Gasteiger charge is -2.37. The molecule has 1 N–H and O–H groups in total. The minimum atomic E-state index is -0.886. The zero-order valence-electron chi connectivity index (χ0n) is 7.86. The van der Waals surface area contributed by atoms with Crippen LogP contribution in [0.1, 0.15) is 13.8 Å². The van der Waals surface area contributed by atoms with Crippen molar-refractivity contribution >= 4 is 11.0 Å². The molecule has 0 bridgehead atoms. The lowest BCUT2D eigenvalue weighted by molar-refractivity contribution is 0.0194. The van der Waals surface area contributed by atoms with Crippen molar-refractivity contribution in [2.75, 3.05) is 19.3 Å². The van der Waals surface area contributed by atoms with Crippen molar-refractivity contribution in [3.05, 3.63) is 0 Å². The summed E-state index contributed by atoms with van der Waals surface area (Å²) in [6.07, 6.45) is 1.46. The van der Waals surface area contributed by atoms with E-state index in [4.69, 9.17) is 0 Å². The number of hydrogen-bond acceptors (Lipinski definition) is 2. The molecule has 1 aliphatic heterocycles. The molecule has 1 aliphatic rings. The van der Waals surface area contributed by atoms with E-state index in [9.17, 15) is 9.32 Å². The van der Waals surface area contributed by atoms with Crippen LogP contribution in [-0.2, 0) is 11.0 Å². The maximum atomic E-state index is 11.2. The molecule has 0 aliphatic carbocycles. The van der Waals surface area contributed by atoms with E-state index in [1.165, 1.54) is 0 Å². The van der Waals surface area contributed by atoms with Gasteiger partial charge < -0.3 is 5.11 Å². The predicted molar refractivity (Wildman–Crippen MR) is 50.0 cm³/mol. The Morgan fingerprint density at radius 2 is 1.75 bits per heavy atom. The van der Waals surface area contributed by atoms with E-state index in [1.54, 1.807) is 6.26 Å². The monoisotopic (exact) mass is 191 g/mol. The molecular formula is C8H17NO2S. The first-order chi connectivity index (χ1) is 5.52. The average Bonchev–Trinajstić information content (AvgIpc) is 1.99. The topological polar surface area (TPSA) is 40.5 Å². The van der Waals surface area contributed by atoms with Gasteiger partial charge in [-0.3, -0.25) is 0 Å². The average molecular weight is 191 g/mol. The fraction of sp³-hybridized carbons (Fsp3) is 1.00. The van der Waals surface area contributed by atoms with E-state index in [1.807, 2.05) is 18.2 Å². The van der Waals surface area contributed by atoms with Gasteiger partial charge >= 0.3 is 0 Å². The van der Waals surface area contributed by atoms with Crippen molar-refractivity contribution in [2.24, 2.45) is 11.8 Å². The summed E-state index contributed by atoms with van der Waals surface area (Å²) in [5, 5.41) is 9.62. The molecule has 3 nitrogen and oxygen atoms in total. The molecule has 0 aromatic carbocycles. The molecule has 0 saturated carbocycles. The number of rotatable bonds is 1. The van der Waals surface area contributed by atoms with Crippen LogP contribution >= 0.6 is 0 Å². The normalized spacial score (nSPS) is 41.2. The highest BCUT2D eigenvalue weighted by Gasteiger charge is 2.31. The van der Waals surface area contributed by atoms with Gasteiger partial charge in [0.2, 0.25) is 0 Å². The van der Waals surface area contributed by atoms with Crippen molar-refractivity contribution in [3.63, 3.8) is 0 Å². The first-order valence-electron chi connectivity index (χ1n) is 4.29. The molecule has 0 aromatic heterocycles. The quantitative estimate of drug-likeness (QED) is 0.644. The Labute approximate surface area is 76.4 Å². The smallest absolute Gasteiger partial charge is 0.0910 e. The maximum Gasteiger partial charge on any atom is 0.0910 e. The van der Waals surface area contributed by atoms with Gasteiger partial charge in [-0.15, -0.1) is 0 Å². The number of nitrogens with zero attached hydrogens (tertiary/aromatic N) is 1. The van der Waals surface area contributed by atoms with Crippen molar-refractivity contribution in [2.45, 2.75) is 20.0 Å². The van der Waals surface area contributed by atoms with Crippen LogP contribution in [0.2, 0.25) is 0 Å². The number of piperidine rings is 1. The summed E-state index contributed by atoms with van der Waals surface area (Å²) < 4.78 is 13.1. The van der Waals surface area contributed by atoms with Crippen molar-refractivity contribution < 1.29 is 9.32 Å². The molecule has 4 heteroatoms. The highest BCUT2D eigenvalue weighted by atomic mass is 32.2. The zero-order chi connectivity index (χ0) is 9.30. The summed E-state index contributed by atoms with van der Waals surface area (Å²) in [6.45, 7) is 5.49. The third-order valence-electron chi connectivity index (χ3n) is 2.51. The number of aliphatic hydroxyl groups is 1. The fourth-order valence-electron chi connectivity index (χ4n) is 1.70. The Kier molecular flexibility index (Phi) is 3.26. The second-order valence-corrected chi connectivity index (χ2v) is 5.08. The Hall–Kier alpha value is 0.0700. The molecule has 1 heterocycles. The predicted octanol–water partition coefficient (Wildman–Crippen LogP) is 0.229. The van der Waals surface area contributed by atoms with Crippen molar-refractivity contribution in [1.82, 2.24) is 4.31 Å². The van der Waals surface area contributed by atoms with Gasteiger partial charge in [0.05, 0.1) is 17.1 Å². The summed E-state index contributed by atoms with van der Waals surface area (Å²) in [6, 6.07) is 0. The van der Waals surface area contributed by atoms with E-state index in [0.717, 1.165) is 13.1 Å². The zero-order valence-corrected chi connectivity index (χ0v) is 8.67. The Morgan fingerprint density at radius 3 is 2.08 bits per heavy atom. The summed E-state index contributed by atoms with van der Waals surface area (Å²) >= 11 is 0. The van der Waals surface area contributed by atoms with Crippen LogP contribution in [0.3, 0.4) is 0 Å². The lowest BCUT2D eigenvalue weighted by Crippen LogP contribution is -2.47. The van der Waals surface area contributed by atoms with Gasteiger partial charge in [0.1, 0.15) is 0 Å². The largest absolute Gasteiger partial charge is 0.392 e. The van der Waals surface area contributed by atoms with Crippen LogP contribution < -0.4 is 0 Å². The first-order valence-corrected chi connectivity index (χ1v) is 5.80. The SMILES string of the molecule is CC1CN(S(C)=O)CC(C)C1O. The van der Waals surface area contributed by atoms with Gasteiger partial charge in [0.25, 0.3) is 0 Å². The van der Waals surface area contributed by atoms with Crippen molar-refractivity contribution in [3.8, 4) is 0 Å². The van der Waals surface area contributed by atoms with Gasteiger partial charge in [-0.2, -0.15) is 0 Å². The Balaban J connectivity index is 2.59. The highest BCUT2D eigenvalue weighted by Crippen LogP contribution is 2.22. The van der Waals surface area contributed by atoms with Crippen LogP contribution in [0, 0.1) is 11.8 Å². The van der Waals surface area contributed by atoms with E-state index < -0.39 is 11.0 Å². The summed E-state index contributed by atoms with van der Waals surface area (Å²) in [7, 11) is -0.886. The fourth-order valence-corrected chi connectivity index (χ4v) is 2.59. The van der Waals surface area contributed by atoms with E-state index in [0.29, 0.717) is 0 Å². The van der Waals surface area contributed by atoms with Gasteiger partial charge in [0.15, 0.2) is 0 Å². The molecule has 3 atom stereocenters. The molecule has 1 saturated heterocycles. The molecule has 0 aromatic rings. The minimum absolute atomic E-state index is 0.232. The molecule has 1 rings (SSSR count). The molecule has 3 unspecified atom stereocenters. The number of aliphatic hydroxyl groups excluding tert-OH is 1. The Bertz CT molecular complexity index is 174. The van der Waals surface area contributed by atoms with E-state index in [-0.39, 0.29) is 17.9 Å². The molecule has 72 valence electrons. The molecule has 1 fully saturated rings. The summed E-state index contributed by atoms with van der Waals surface area (Å²) in [4.78, 5) is 0. The highest BCUT2D eigenvalue weighted by molar-refractivity contribution is 7.81. The van der Waals surface area contributed by atoms with Crippen LogP contribution in [0.4, 0.5) is 0 Å². The number of hydrogen-bond donors (Lipinski definition) is 1. The molecular weight excluding hydrogens is 174 g/mol. The van der Waals surface area contributed by atoms with Crippen LogP contribution in [-0.4, -0.2) is 39.1 Å². The molecule has 0 amide bonds. The molecule has 0 radical (unpaired) electrons. The maximum absolute atomic E-state index is 11.2. The summed E-state index contributed by atoms with van der Waals surface area (Å²) in [5.74, 6) is 0.468. The van der Waals surface area contributed by atoms with Crippen LogP contribution in [0.15, 0.2) is 0 Å². The van der Waals surface area contributed by atoms with Crippen LogP contribution in [0.5, 0.6) is 0 Å². The first kappa shape index (κ1) is 10.2. The molecule has 12 heavy (non-hydrogen) atoms. The molecule has 0 spiro atoms. The lowest BCUT2D eigenvalue weighted by atomic mass is 9.90. The Morgan fingerprint density at radius 1 is 1.33 bits per heavy atom. The minimum Gasteiger partial charge on any atom is -0.392 e. The van der Waals surface area contributed by atoms with Crippen molar-refractivity contribution in [1.29, 1.82) is 0 Å². The third-order valence-corrected chi connectivity index (χ3v) is 3.54. The van der Waals surface area contributed by atoms with Gasteiger partial charge in [-0.25, -0.2) is 8.51 Å². The second kappa shape index (κ2) is 3.85. The standard InChI is InChI=1S/C8H17NO2S/c1-6-4-9(12(3)11)5-7(2)8(6)10/h6-8,10H,4-5H2,1-3H3. The second-order valence-electron chi connectivity index (χ2n) is 3.72.